The molecule has 0 saturated carbocycles. The molecule has 0 spiro atoms. The van der Waals surface area contributed by atoms with Crippen LogP contribution in [0.1, 0.15) is 25.0 Å². The van der Waals surface area contributed by atoms with Gasteiger partial charge in [-0.3, -0.25) is 4.79 Å². The minimum atomic E-state index is -0.293. The van der Waals surface area contributed by atoms with Crippen molar-refractivity contribution in [3.8, 4) is 16.9 Å². The second kappa shape index (κ2) is 9.10. The summed E-state index contributed by atoms with van der Waals surface area (Å²) < 4.78 is 24.6. The number of amides is 1. The molecule has 0 atom stereocenters. The normalized spacial score (nSPS) is 11.6. The van der Waals surface area contributed by atoms with Crippen molar-refractivity contribution >= 4 is 28.1 Å². The summed E-state index contributed by atoms with van der Waals surface area (Å²) in [5, 5.41) is 3.82. The van der Waals surface area contributed by atoms with E-state index in [-0.39, 0.29) is 11.7 Å². The third-order valence-electron chi connectivity index (χ3n) is 5.48. The molecule has 3 aromatic carbocycles. The lowest BCUT2D eigenvalue weighted by Gasteiger charge is -2.11. The van der Waals surface area contributed by atoms with E-state index in [1.807, 2.05) is 37.3 Å². The molecule has 0 radical (unpaired) electrons. The van der Waals surface area contributed by atoms with E-state index in [4.69, 9.17) is 9.15 Å². The zero-order valence-electron chi connectivity index (χ0n) is 18.2. The molecule has 0 fully saturated rings. The van der Waals surface area contributed by atoms with E-state index in [1.165, 1.54) is 12.1 Å². The number of ether oxygens (including phenoxy) is 1. The topological polar surface area (TPSA) is 51.5 Å². The lowest BCUT2D eigenvalue weighted by Crippen LogP contribution is -2.10. The molecule has 1 N–H and O–H groups in total. The van der Waals surface area contributed by atoms with E-state index in [0.29, 0.717) is 11.3 Å². The Morgan fingerprint density at radius 2 is 1.88 bits per heavy atom. The molecular weight excluding hydrogens is 405 g/mol. The van der Waals surface area contributed by atoms with Crippen molar-refractivity contribution in [3.63, 3.8) is 0 Å². The number of furan rings is 1. The highest BCUT2D eigenvalue weighted by Crippen LogP contribution is 2.37. The van der Waals surface area contributed by atoms with Crippen LogP contribution in [-0.4, -0.2) is 13.0 Å². The molecule has 1 amide bonds. The second-order valence-electron chi connectivity index (χ2n) is 7.53. The number of methoxy groups -OCH3 is 1. The second-order valence-corrected chi connectivity index (χ2v) is 7.53. The SMILES string of the molecule is CCc1ccccc1NC(=O)/C=C(\C)c1cc2c(-c3ccc(F)cc3)coc2cc1OC. The Morgan fingerprint density at radius 3 is 2.59 bits per heavy atom. The summed E-state index contributed by atoms with van der Waals surface area (Å²) in [6.45, 7) is 3.92. The number of anilines is 1. The highest BCUT2D eigenvalue weighted by atomic mass is 19.1. The van der Waals surface area contributed by atoms with E-state index < -0.39 is 0 Å². The minimum Gasteiger partial charge on any atom is -0.496 e. The average Bonchev–Trinajstić information content (AvgIpc) is 3.21. The van der Waals surface area contributed by atoms with Crippen LogP contribution in [0.15, 0.2) is 77.4 Å². The van der Waals surface area contributed by atoms with Gasteiger partial charge in [-0.05, 0) is 54.3 Å². The quantitative estimate of drug-likeness (QED) is 0.341. The number of aryl methyl sites for hydroxylation is 1. The number of carbonyl (C=O) groups is 1. The number of benzene rings is 3. The number of allylic oxidation sites excluding steroid dienone is 1. The van der Waals surface area contributed by atoms with Crippen molar-refractivity contribution in [2.75, 3.05) is 12.4 Å². The van der Waals surface area contributed by atoms with E-state index in [2.05, 4.69) is 12.2 Å². The first-order valence-corrected chi connectivity index (χ1v) is 10.4. The van der Waals surface area contributed by atoms with E-state index >= 15 is 0 Å². The van der Waals surface area contributed by atoms with Crippen LogP contribution in [0, 0.1) is 5.82 Å². The fourth-order valence-corrected chi connectivity index (χ4v) is 3.78. The zero-order chi connectivity index (χ0) is 22.7. The van der Waals surface area contributed by atoms with Gasteiger partial charge in [-0.1, -0.05) is 37.3 Å². The Hall–Kier alpha value is -3.86. The van der Waals surface area contributed by atoms with Crippen molar-refractivity contribution in [2.45, 2.75) is 20.3 Å². The van der Waals surface area contributed by atoms with E-state index in [9.17, 15) is 9.18 Å². The van der Waals surface area contributed by atoms with Gasteiger partial charge in [0.1, 0.15) is 17.1 Å². The van der Waals surface area contributed by atoms with Crippen LogP contribution in [0.4, 0.5) is 10.1 Å². The molecule has 4 aromatic rings. The Morgan fingerprint density at radius 1 is 1.12 bits per heavy atom. The maximum absolute atomic E-state index is 13.4. The summed E-state index contributed by atoms with van der Waals surface area (Å²) >= 11 is 0. The molecule has 162 valence electrons. The molecule has 0 aliphatic heterocycles. The average molecular weight is 429 g/mol. The molecule has 1 aromatic heterocycles. The van der Waals surface area contributed by atoms with Gasteiger partial charge in [-0.15, -0.1) is 0 Å². The fourth-order valence-electron chi connectivity index (χ4n) is 3.78. The van der Waals surface area contributed by atoms with Crippen molar-refractivity contribution in [1.29, 1.82) is 0 Å². The van der Waals surface area contributed by atoms with Gasteiger partial charge in [-0.25, -0.2) is 4.39 Å². The number of fused-ring (bicyclic) bond motifs is 1. The summed E-state index contributed by atoms with van der Waals surface area (Å²) in [7, 11) is 1.58. The number of nitrogens with one attached hydrogen (secondary N) is 1. The van der Waals surface area contributed by atoms with Gasteiger partial charge < -0.3 is 14.5 Å². The first-order chi connectivity index (χ1) is 15.5. The van der Waals surface area contributed by atoms with Crippen LogP contribution in [0.25, 0.3) is 27.7 Å². The highest BCUT2D eigenvalue weighted by molar-refractivity contribution is 6.05. The van der Waals surface area contributed by atoms with E-state index in [1.54, 1.807) is 37.6 Å². The first-order valence-electron chi connectivity index (χ1n) is 10.4. The van der Waals surface area contributed by atoms with Crippen molar-refractivity contribution < 1.29 is 18.3 Å². The molecule has 5 heteroatoms. The zero-order valence-corrected chi connectivity index (χ0v) is 18.2. The molecule has 0 aliphatic carbocycles. The standard InChI is InChI=1S/C27H24FNO3/c1-4-18-7-5-6-8-24(18)29-27(30)13-17(2)21-14-22-23(19-9-11-20(28)12-10-19)16-32-26(22)15-25(21)31-3/h5-16H,4H2,1-3H3,(H,29,30)/b17-13+. The Balaban J connectivity index is 1.71. The highest BCUT2D eigenvalue weighted by Gasteiger charge is 2.15. The Bertz CT molecular complexity index is 1300. The number of rotatable bonds is 6. The van der Waals surface area contributed by atoms with Gasteiger partial charge in [0.2, 0.25) is 5.91 Å². The Labute approximate surface area is 186 Å². The summed E-state index contributed by atoms with van der Waals surface area (Å²) in [6.07, 6.45) is 4.04. The molecule has 4 rings (SSSR count). The molecular formula is C27H24FNO3. The number of halogens is 1. The van der Waals surface area contributed by atoms with Gasteiger partial charge in [0, 0.05) is 34.3 Å². The molecule has 1 heterocycles. The molecule has 0 aliphatic rings. The maximum Gasteiger partial charge on any atom is 0.248 e. The number of hydrogen-bond donors (Lipinski definition) is 1. The number of para-hydroxylation sites is 1. The van der Waals surface area contributed by atoms with Gasteiger partial charge in [0.15, 0.2) is 0 Å². The third-order valence-corrected chi connectivity index (χ3v) is 5.48. The summed E-state index contributed by atoms with van der Waals surface area (Å²) in [5.41, 5.74) is 5.76. The van der Waals surface area contributed by atoms with Crippen molar-refractivity contribution in [1.82, 2.24) is 0 Å². The van der Waals surface area contributed by atoms with Gasteiger partial charge >= 0.3 is 0 Å². The lowest BCUT2D eigenvalue weighted by molar-refractivity contribution is -0.111. The predicted molar refractivity (Wildman–Crippen MR) is 126 cm³/mol. The molecule has 0 bridgehead atoms. The van der Waals surface area contributed by atoms with Crippen molar-refractivity contribution in [3.05, 3.63) is 89.9 Å². The number of hydrogen-bond acceptors (Lipinski definition) is 3. The number of carbonyl (C=O) groups excluding carboxylic acids is 1. The van der Waals surface area contributed by atoms with Crippen LogP contribution in [0.3, 0.4) is 0 Å². The van der Waals surface area contributed by atoms with Gasteiger partial charge in [0.25, 0.3) is 0 Å². The molecule has 32 heavy (non-hydrogen) atoms. The van der Waals surface area contributed by atoms with E-state index in [0.717, 1.165) is 45.3 Å². The largest absolute Gasteiger partial charge is 0.496 e. The molecule has 0 unspecified atom stereocenters. The smallest absolute Gasteiger partial charge is 0.248 e. The predicted octanol–water partition coefficient (Wildman–Crippen LogP) is 6.85. The van der Waals surface area contributed by atoms with Crippen molar-refractivity contribution in [2.24, 2.45) is 0 Å². The molecule has 4 nitrogen and oxygen atoms in total. The van der Waals surface area contributed by atoms with Crippen LogP contribution in [-0.2, 0) is 11.2 Å². The van der Waals surface area contributed by atoms with Gasteiger partial charge in [0.05, 0.1) is 13.4 Å². The minimum absolute atomic E-state index is 0.212. The van der Waals surface area contributed by atoms with Crippen LogP contribution in [0.2, 0.25) is 0 Å². The first kappa shape index (κ1) is 21.4. The maximum atomic E-state index is 13.4. The van der Waals surface area contributed by atoms with Crippen LogP contribution in [0.5, 0.6) is 5.75 Å². The third kappa shape index (κ3) is 4.28. The monoisotopic (exact) mass is 429 g/mol. The lowest BCUT2D eigenvalue weighted by atomic mass is 9.99. The fraction of sp³-hybridized carbons (Fsp3) is 0.148. The van der Waals surface area contributed by atoms with Gasteiger partial charge in [-0.2, -0.15) is 0 Å². The summed E-state index contributed by atoms with van der Waals surface area (Å²) in [6, 6.07) is 17.8. The molecule has 0 saturated heterocycles. The van der Waals surface area contributed by atoms with Crippen LogP contribution >= 0.6 is 0 Å². The summed E-state index contributed by atoms with van der Waals surface area (Å²) in [5.74, 6) is 0.0999. The van der Waals surface area contributed by atoms with Crippen LogP contribution < -0.4 is 10.1 Å². The summed E-state index contributed by atoms with van der Waals surface area (Å²) in [4.78, 5) is 12.7. The Kier molecular flexibility index (Phi) is 6.08.